The van der Waals surface area contributed by atoms with Gasteiger partial charge in [0.15, 0.2) is 0 Å². The second-order valence-corrected chi connectivity index (χ2v) is 6.02. The van der Waals surface area contributed by atoms with Gasteiger partial charge in [0.05, 0.1) is 0 Å². The molecule has 0 spiro atoms. The summed E-state index contributed by atoms with van der Waals surface area (Å²) >= 11 is 6.00. The smallest absolute Gasteiger partial charge is 0.314 e. The highest BCUT2D eigenvalue weighted by Gasteiger charge is 2.21. The Morgan fingerprint density at radius 2 is 1.81 bits per heavy atom. The van der Waals surface area contributed by atoms with Gasteiger partial charge in [0.2, 0.25) is 0 Å². The van der Waals surface area contributed by atoms with E-state index in [1.165, 1.54) is 10.9 Å². The van der Waals surface area contributed by atoms with Crippen molar-refractivity contribution in [1.29, 1.82) is 0 Å². The van der Waals surface area contributed by atoms with Crippen molar-refractivity contribution in [3.8, 4) is 0 Å². The molecule has 0 aliphatic carbocycles. The van der Waals surface area contributed by atoms with Gasteiger partial charge in [-0.1, -0.05) is 35.9 Å². The van der Waals surface area contributed by atoms with Crippen LogP contribution in [0, 0.1) is 12.3 Å². The van der Waals surface area contributed by atoms with E-state index in [4.69, 9.17) is 17.3 Å². The average molecular weight is 302 g/mol. The molecular weight excluding hydrogens is 284 g/mol. The predicted octanol–water partition coefficient (Wildman–Crippen LogP) is 3.84. The lowest BCUT2D eigenvalue weighted by Gasteiger charge is -2.30. The van der Waals surface area contributed by atoms with E-state index in [2.05, 4.69) is 24.6 Å². The molecule has 1 saturated heterocycles. The Morgan fingerprint density at radius 3 is 2.52 bits per heavy atom. The number of carbonyl (C=O) groups is 1. The molecule has 2 aromatic rings. The summed E-state index contributed by atoms with van der Waals surface area (Å²) < 4.78 is 0. The van der Waals surface area contributed by atoms with Gasteiger partial charge in [-0.3, -0.25) is 0 Å². The molecule has 1 heterocycles. The summed E-state index contributed by atoms with van der Waals surface area (Å²) in [7, 11) is 0. The number of piperidine rings is 1. The number of fused-ring (bicyclic) bond motifs is 1. The van der Waals surface area contributed by atoms with Crippen LogP contribution < -0.4 is 5.73 Å². The topological polar surface area (TPSA) is 46.3 Å². The van der Waals surface area contributed by atoms with Crippen LogP contribution in [0.2, 0.25) is 5.02 Å². The maximum Gasteiger partial charge on any atom is 0.314 e. The molecule has 4 heteroatoms. The van der Waals surface area contributed by atoms with Crippen LogP contribution in [0.25, 0.3) is 10.8 Å². The van der Waals surface area contributed by atoms with Crippen LogP contribution >= 0.6 is 11.6 Å². The lowest BCUT2D eigenvalue weighted by molar-refractivity contribution is 0.185. The van der Waals surface area contributed by atoms with Crippen molar-refractivity contribution in [3.63, 3.8) is 0 Å². The van der Waals surface area contributed by atoms with E-state index in [1.807, 2.05) is 18.2 Å². The van der Waals surface area contributed by atoms with Crippen LogP contribution in [0.3, 0.4) is 0 Å². The summed E-state index contributed by atoms with van der Waals surface area (Å²) in [5.41, 5.74) is 6.53. The number of urea groups is 1. The van der Waals surface area contributed by atoms with Crippen LogP contribution in [0.1, 0.15) is 18.4 Å². The minimum absolute atomic E-state index is 0.309. The number of benzene rings is 2. The minimum Gasteiger partial charge on any atom is -0.351 e. The fourth-order valence-electron chi connectivity index (χ4n) is 2.90. The number of rotatable bonds is 2. The molecule has 3 nitrogen and oxygen atoms in total. The van der Waals surface area contributed by atoms with E-state index in [0.29, 0.717) is 5.92 Å². The van der Waals surface area contributed by atoms with Crippen molar-refractivity contribution in [2.75, 3.05) is 13.1 Å². The Labute approximate surface area is 129 Å². The SMILES string of the molecule is NC(=O)N1CCC([CH]c2ccc3cc(Cl)ccc3c2)CC1. The Kier molecular flexibility index (Phi) is 4.02. The summed E-state index contributed by atoms with van der Waals surface area (Å²) in [6.45, 7) is 1.50. The third-order valence-corrected chi connectivity index (χ3v) is 4.34. The number of likely N-dealkylation sites (tertiary alicyclic amines) is 1. The van der Waals surface area contributed by atoms with Gasteiger partial charge < -0.3 is 10.6 Å². The van der Waals surface area contributed by atoms with Crippen LogP contribution in [0.15, 0.2) is 36.4 Å². The second-order valence-electron chi connectivity index (χ2n) is 5.58. The number of primary amides is 1. The number of amides is 2. The van der Waals surface area contributed by atoms with Crippen LogP contribution in [0.5, 0.6) is 0 Å². The molecule has 1 radical (unpaired) electrons. The number of carbonyl (C=O) groups excluding carboxylic acids is 1. The van der Waals surface area contributed by atoms with Crippen molar-refractivity contribution in [3.05, 3.63) is 53.4 Å². The van der Waals surface area contributed by atoms with Crippen molar-refractivity contribution < 1.29 is 4.79 Å². The predicted molar refractivity (Wildman–Crippen MR) is 86.2 cm³/mol. The summed E-state index contributed by atoms with van der Waals surface area (Å²) in [4.78, 5) is 12.8. The van der Waals surface area contributed by atoms with Gasteiger partial charge in [0.1, 0.15) is 0 Å². The molecular formula is C17H18ClN2O. The first-order valence-electron chi connectivity index (χ1n) is 7.20. The summed E-state index contributed by atoms with van der Waals surface area (Å²) in [5.74, 6) is 0.505. The van der Waals surface area contributed by atoms with Crippen molar-refractivity contribution >= 4 is 28.4 Å². The fraction of sp³-hybridized carbons (Fsp3) is 0.294. The third kappa shape index (κ3) is 3.30. The second kappa shape index (κ2) is 5.94. The molecule has 2 N–H and O–H groups in total. The van der Waals surface area contributed by atoms with Gasteiger partial charge in [-0.15, -0.1) is 0 Å². The molecule has 0 aromatic heterocycles. The molecule has 1 aliphatic heterocycles. The van der Waals surface area contributed by atoms with Gasteiger partial charge in [-0.05, 0) is 53.6 Å². The van der Waals surface area contributed by atoms with Crippen molar-refractivity contribution in [1.82, 2.24) is 4.90 Å². The average Bonchev–Trinajstić information content (AvgIpc) is 2.48. The molecule has 0 saturated carbocycles. The molecule has 0 unspecified atom stereocenters. The van der Waals surface area contributed by atoms with Gasteiger partial charge in [0.25, 0.3) is 0 Å². The van der Waals surface area contributed by atoms with E-state index in [-0.39, 0.29) is 6.03 Å². The van der Waals surface area contributed by atoms with Gasteiger partial charge in [-0.25, -0.2) is 4.79 Å². The number of halogens is 1. The van der Waals surface area contributed by atoms with Crippen molar-refractivity contribution in [2.45, 2.75) is 12.8 Å². The first-order valence-corrected chi connectivity index (χ1v) is 7.58. The molecule has 0 bridgehead atoms. The summed E-state index contributed by atoms with van der Waals surface area (Å²) in [6, 6.07) is 12.0. The number of hydrogen-bond acceptors (Lipinski definition) is 1. The van der Waals surface area contributed by atoms with Crippen molar-refractivity contribution in [2.24, 2.45) is 11.7 Å². The monoisotopic (exact) mass is 301 g/mol. The summed E-state index contributed by atoms with van der Waals surface area (Å²) in [5, 5.41) is 3.11. The molecule has 2 amide bonds. The molecule has 2 aromatic carbocycles. The van der Waals surface area contributed by atoms with E-state index in [0.717, 1.165) is 36.3 Å². The first-order chi connectivity index (χ1) is 10.1. The zero-order chi connectivity index (χ0) is 14.8. The number of hydrogen-bond donors (Lipinski definition) is 1. The van der Waals surface area contributed by atoms with E-state index < -0.39 is 0 Å². The van der Waals surface area contributed by atoms with Gasteiger partial charge >= 0.3 is 6.03 Å². The Bertz CT molecular complexity index is 663. The quantitative estimate of drug-likeness (QED) is 0.900. The molecule has 1 aliphatic rings. The highest BCUT2D eigenvalue weighted by Crippen LogP contribution is 2.26. The number of nitrogens with zero attached hydrogens (tertiary/aromatic N) is 1. The van der Waals surface area contributed by atoms with Crippen LogP contribution in [-0.2, 0) is 0 Å². The van der Waals surface area contributed by atoms with Gasteiger partial charge in [-0.2, -0.15) is 0 Å². The highest BCUT2D eigenvalue weighted by atomic mass is 35.5. The van der Waals surface area contributed by atoms with Crippen LogP contribution in [-0.4, -0.2) is 24.0 Å². The number of nitrogens with two attached hydrogens (primary N) is 1. The van der Waals surface area contributed by atoms with E-state index >= 15 is 0 Å². The molecule has 3 rings (SSSR count). The normalized spacial score (nSPS) is 16.3. The third-order valence-electron chi connectivity index (χ3n) is 4.11. The van der Waals surface area contributed by atoms with Crippen LogP contribution in [0.4, 0.5) is 4.79 Å². The zero-order valence-corrected chi connectivity index (χ0v) is 12.5. The zero-order valence-electron chi connectivity index (χ0n) is 11.8. The van der Waals surface area contributed by atoms with Gasteiger partial charge in [0, 0.05) is 18.1 Å². The Hall–Kier alpha value is -1.74. The molecule has 109 valence electrons. The van der Waals surface area contributed by atoms with E-state index in [9.17, 15) is 4.79 Å². The molecule has 0 atom stereocenters. The first kappa shape index (κ1) is 14.2. The highest BCUT2D eigenvalue weighted by molar-refractivity contribution is 6.31. The Balaban J connectivity index is 1.68. The minimum atomic E-state index is -0.309. The maximum atomic E-state index is 11.1. The standard InChI is InChI=1S/C17H18ClN2O/c18-16-4-3-14-10-13(1-2-15(14)11-16)9-12-5-7-20(8-6-12)17(19)21/h1-4,9-12H,5-8H2,(H2,19,21). The Morgan fingerprint density at radius 1 is 1.14 bits per heavy atom. The molecule has 21 heavy (non-hydrogen) atoms. The maximum absolute atomic E-state index is 11.1. The fourth-order valence-corrected chi connectivity index (χ4v) is 3.08. The lowest BCUT2D eigenvalue weighted by Crippen LogP contribution is -2.41. The largest absolute Gasteiger partial charge is 0.351 e. The molecule has 1 fully saturated rings. The summed E-state index contributed by atoms with van der Waals surface area (Å²) in [6.07, 6.45) is 4.25. The lowest BCUT2D eigenvalue weighted by atomic mass is 9.89. The van der Waals surface area contributed by atoms with E-state index in [1.54, 1.807) is 4.90 Å².